The number of nitrogens with zero attached hydrogens (tertiary/aromatic N) is 3. The summed E-state index contributed by atoms with van der Waals surface area (Å²) in [7, 11) is 1.76. The van der Waals surface area contributed by atoms with E-state index in [-0.39, 0.29) is 5.56 Å². The molecule has 0 radical (unpaired) electrons. The van der Waals surface area contributed by atoms with Gasteiger partial charge in [0, 0.05) is 19.0 Å². The Bertz CT molecular complexity index is 764. The number of fused-ring (bicyclic) bond motifs is 1. The SMILES string of the molecule is Cn1c(SCc2ccccn2)nc2sccc2c1=O. The van der Waals surface area contributed by atoms with Crippen LogP contribution in [0.1, 0.15) is 5.69 Å². The molecule has 3 rings (SSSR count). The Kier molecular flexibility index (Phi) is 3.35. The van der Waals surface area contributed by atoms with E-state index in [4.69, 9.17) is 0 Å². The van der Waals surface area contributed by atoms with Gasteiger partial charge < -0.3 is 0 Å². The summed E-state index contributed by atoms with van der Waals surface area (Å²) in [6, 6.07) is 7.63. The van der Waals surface area contributed by atoms with Gasteiger partial charge >= 0.3 is 0 Å². The van der Waals surface area contributed by atoms with Gasteiger partial charge in [0.2, 0.25) is 0 Å². The van der Waals surface area contributed by atoms with Crippen LogP contribution in [0.5, 0.6) is 0 Å². The average Bonchev–Trinajstić information content (AvgIpc) is 2.91. The van der Waals surface area contributed by atoms with Crippen molar-refractivity contribution >= 4 is 33.3 Å². The number of aromatic nitrogens is 3. The largest absolute Gasteiger partial charge is 0.290 e. The van der Waals surface area contributed by atoms with Gasteiger partial charge in [-0.1, -0.05) is 17.8 Å². The molecule has 0 aliphatic carbocycles. The van der Waals surface area contributed by atoms with Crippen molar-refractivity contribution in [2.24, 2.45) is 7.05 Å². The van der Waals surface area contributed by atoms with Crippen LogP contribution in [-0.4, -0.2) is 14.5 Å². The molecule has 0 aliphatic rings. The molecular weight excluding hydrogens is 278 g/mol. The van der Waals surface area contributed by atoms with Crippen LogP contribution < -0.4 is 5.56 Å². The summed E-state index contributed by atoms with van der Waals surface area (Å²) >= 11 is 3.02. The standard InChI is InChI=1S/C13H11N3OS2/c1-16-12(17)10-5-7-18-11(10)15-13(16)19-8-9-4-2-3-6-14-9/h2-7H,8H2,1H3. The van der Waals surface area contributed by atoms with Crippen molar-refractivity contribution in [2.45, 2.75) is 10.9 Å². The van der Waals surface area contributed by atoms with E-state index in [1.54, 1.807) is 17.8 Å². The van der Waals surface area contributed by atoms with Crippen LogP contribution in [0.15, 0.2) is 45.8 Å². The molecule has 6 heteroatoms. The molecule has 4 nitrogen and oxygen atoms in total. The Balaban J connectivity index is 1.93. The fourth-order valence-electron chi connectivity index (χ4n) is 1.73. The zero-order chi connectivity index (χ0) is 13.2. The number of rotatable bonds is 3. The predicted octanol–water partition coefficient (Wildman–Crippen LogP) is 2.68. The number of hydrogen-bond acceptors (Lipinski definition) is 5. The lowest BCUT2D eigenvalue weighted by molar-refractivity contribution is 0.728. The van der Waals surface area contributed by atoms with Crippen LogP contribution in [-0.2, 0) is 12.8 Å². The highest BCUT2D eigenvalue weighted by Gasteiger charge is 2.09. The van der Waals surface area contributed by atoms with Gasteiger partial charge in [-0.05, 0) is 23.6 Å². The highest BCUT2D eigenvalue weighted by atomic mass is 32.2. The van der Waals surface area contributed by atoms with E-state index in [2.05, 4.69) is 9.97 Å². The first-order valence-electron chi connectivity index (χ1n) is 5.72. The van der Waals surface area contributed by atoms with Crippen LogP contribution >= 0.6 is 23.1 Å². The second-order valence-corrected chi connectivity index (χ2v) is 5.84. The zero-order valence-corrected chi connectivity index (χ0v) is 11.9. The average molecular weight is 289 g/mol. The van der Waals surface area contributed by atoms with Gasteiger partial charge in [0.1, 0.15) is 4.83 Å². The van der Waals surface area contributed by atoms with Crippen molar-refractivity contribution in [1.82, 2.24) is 14.5 Å². The molecular formula is C13H11N3OS2. The first-order chi connectivity index (χ1) is 9.25. The number of hydrogen-bond donors (Lipinski definition) is 0. The van der Waals surface area contributed by atoms with Crippen molar-refractivity contribution in [3.8, 4) is 0 Å². The van der Waals surface area contributed by atoms with Gasteiger partial charge in [-0.2, -0.15) is 0 Å². The Morgan fingerprint density at radius 2 is 2.26 bits per heavy atom. The smallest absolute Gasteiger partial charge is 0.262 e. The molecule has 0 saturated carbocycles. The lowest BCUT2D eigenvalue weighted by Crippen LogP contribution is -2.19. The van der Waals surface area contributed by atoms with Crippen LogP contribution in [0.25, 0.3) is 10.2 Å². The summed E-state index contributed by atoms with van der Waals surface area (Å²) in [5.41, 5.74) is 0.989. The molecule has 0 spiro atoms. The summed E-state index contributed by atoms with van der Waals surface area (Å²) in [6.07, 6.45) is 1.77. The van der Waals surface area contributed by atoms with Crippen LogP contribution in [0.3, 0.4) is 0 Å². The van der Waals surface area contributed by atoms with E-state index in [0.29, 0.717) is 11.1 Å². The third-order valence-corrected chi connectivity index (χ3v) is 4.61. The van der Waals surface area contributed by atoms with Crippen LogP contribution in [0, 0.1) is 0 Å². The second-order valence-electron chi connectivity index (χ2n) is 4.01. The Morgan fingerprint density at radius 3 is 3.05 bits per heavy atom. The van der Waals surface area contributed by atoms with E-state index < -0.39 is 0 Å². The Hall–Kier alpha value is -1.66. The van der Waals surface area contributed by atoms with E-state index in [9.17, 15) is 4.79 Å². The number of pyridine rings is 1. The van der Waals surface area contributed by atoms with E-state index in [1.165, 1.54) is 23.1 Å². The second kappa shape index (κ2) is 5.14. The molecule has 19 heavy (non-hydrogen) atoms. The molecule has 0 unspecified atom stereocenters. The molecule has 0 N–H and O–H groups in total. The van der Waals surface area contributed by atoms with Crippen molar-refractivity contribution in [3.05, 3.63) is 51.9 Å². The summed E-state index contributed by atoms with van der Waals surface area (Å²) in [4.78, 5) is 21.7. The van der Waals surface area contributed by atoms with Crippen molar-refractivity contribution in [3.63, 3.8) is 0 Å². The highest BCUT2D eigenvalue weighted by Crippen LogP contribution is 2.22. The minimum absolute atomic E-state index is 0.00905. The van der Waals surface area contributed by atoms with Gasteiger partial charge in [-0.25, -0.2) is 4.98 Å². The van der Waals surface area contributed by atoms with Crippen molar-refractivity contribution < 1.29 is 0 Å². The number of thioether (sulfide) groups is 1. The molecule has 0 bridgehead atoms. The normalized spacial score (nSPS) is 11.0. The van der Waals surface area contributed by atoms with Crippen LogP contribution in [0.4, 0.5) is 0 Å². The summed E-state index contributed by atoms with van der Waals surface area (Å²) < 4.78 is 1.60. The number of thiophene rings is 1. The first-order valence-corrected chi connectivity index (χ1v) is 7.59. The van der Waals surface area contributed by atoms with E-state index >= 15 is 0 Å². The van der Waals surface area contributed by atoms with Crippen LogP contribution in [0.2, 0.25) is 0 Å². The maximum Gasteiger partial charge on any atom is 0.262 e. The lowest BCUT2D eigenvalue weighted by atomic mass is 10.4. The topological polar surface area (TPSA) is 47.8 Å². The molecule has 0 amide bonds. The maximum absolute atomic E-state index is 12.1. The molecule has 0 aromatic carbocycles. The van der Waals surface area contributed by atoms with Gasteiger partial charge in [0.05, 0.1) is 11.1 Å². The minimum atomic E-state index is 0.00905. The predicted molar refractivity (Wildman–Crippen MR) is 78.7 cm³/mol. The molecule has 3 heterocycles. The Labute approximate surface area is 118 Å². The molecule has 0 aliphatic heterocycles. The fraction of sp³-hybridized carbons (Fsp3) is 0.154. The lowest BCUT2D eigenvalue weighted by Gasteiger charge is -2.06. The maximum atomic E-state index is 12.1. The summed E-state index contributed by atoms with van der Waals surface area (Å²) in [6.45, 7) is 0. The summed E-state index contributed by atoms with van der Waals surface area (Å²) in [5, 5.41) is 3.31. The third kappa shape index (κ3) is 2.41. The quantitative estimate of drug-likeness (QED) is 0.549. The van der Waals surface area contributed by atoms with Crippen molar-refractivity contribution in [2.75, 3.05) is 0 Å². The molecule has 0 fully saturated rings. The molecule has 0 atom stereocenters. The highest BCUT2D eigenvalue weighted by molar-refractivity contribution is 7.98. The molecule has 3 aromatic rings. The Morgan fingerprint density at radius 1 is 1.37 bits per heavy atom. The van der Waals surface area contributed by atoms with Gasteiger partial charge in [0.25, 0.3) is 5.56 Å². The minimum Gasteiger partial charge on any atom is -0.290 e. The first kappa shape index (κ1) is 12.4. The van der Waals surface area contributed by atoms with Crippen molar-refractivity contribution in [1.29, 1.82) is 0 Å². The van der Waals surface area contributed by atoms with Gasteiger partial charge in [0.15, 0.2) is 5.16 Å². The molecule has 96 valence electrons. The third-order valence-electron chi connectivity index (χ3n) is 2.74. The zero-order valence-electron chi connectivity index (χ0n) is 10.2. The summed E-state index contributed by atoms with van der Waals surface area (Å²) in [5.74, 6) is 0.706. The molecule has 0 saturated heterocycles. The monoisotopic (exact) mass is 289 g/mol. The fourth-order valence-corrected chi connectivity index (χ4v) is 3.42. The van der Waals surface area contributed by atoms with E-state index in [0.717, 1.165) is 15.7 Å². The van der Waals surface area contributed by atoms with Gasteiger partial charge in [-0.3, -0.25) is 14.3 Å². The van der Waals surface area contributed by atoms with Gasteiger partial charge in [-0.15, -0.1) is 11.3 Å². The molecule has 3 aromatic heterocycles. The van der Waals surface area contributed by atoms with E-state index in [1.807, 2.05) is 29.6 Å².